The Kier molecular flexibility index (Phi) is 6.51. The number of rotatable bonds is 7. The number of halogens is 2. The molecule has 0 unspecified atom stereocenters. The molecular weight excluding hydrogens is 422 g/mol. The number of hydrogen-bond donors (Lipinski definition) is 2. The van der Waals surface area contributed by atoms with E-state index < -0.39 is 22.9 Å². The van der Waals surface area contributed by atoms with Crippen LogP contribution < -0.4 is 21.9 Å². The van der Waals surface area contributed by atoms with Crippen LogP contribution in [0.25, 0.3) is 11.2 Å². The Balaban J connectivity index is 1.55. The highest BCUT2D eigenvalue weighted by Crippen LogP contribution is 2.12. The average molecular weight is 446 g/mol. The van der Waals surface area contributed by atoms with Crippen LogP contribution in [0.5, 0.6) is 0 Å². The van der Waals surface area contributed by atoms with Crippen LogP contribution >= 0.6 is 0 Å². The maximum atomic E-state index is 13.6. The molecule has 4 rings (SSSR count). The Bertz CT molecular complexity index is 1240. The van der Waals surface area contributed by atoms with E-state index >= 15 is 0 Å². The molecular formula is C20H24F2N8O2. The molecule has 0 bridgehead atoms. The number of nitrogens with one attached hydrogen (secondary N) is 2. The van der Waals surface area contributed by atoms with Crippen LogP contribution in [0.4, 0.5) is 14.7 Å². The number of piperazine rings is 1. The van der Waals surface area contributed by atoms with Gasteiger partial charge in [0.05, 0.1) is 6.54 Å². The van der Waals surface area contributed by atoms with E-state index in [4.69, 9.17) is 0 Å². The fraction of sp³-hybridized carbons (Fsp3) is 0.450. The smallest absolute Gasteiger partial charge is 0.332 e. The van der Waals surface area contributed by atoms with Crippen LogP contribution in [0.2, 0.25) is 0 Å². The average Bonchev–Trinajstić information content (AvgIpc) is 2.81. The molecule has 0 amide bonds. The van der Waals surface area contributed by atoms with Crippen molar-refractivity contribution in [3.05, 3.63) is 56.2 Å². The van der Waals surface area contributed by atoms with Crippen molar-refractivity contribution in [1.82, 2.24) is 34.5 Å². The Hall–Kier alpha value is -3.25. The minimum absolute atomic E-state index is 0.0193. The van der Waals surface area contributed by atoms with Crippen LogP contribution in [-0.4, -0.2) is 68.5 Å². The van der Waals surface area contributed by atoms with Gasteiger partial charge in [-0.2, -0.15) is 0 Å². The minimum Gasteiger partial charge on any atom is -0.353 e. The predicted octanol–water partition coefficient (Wildman–Crippen LogP) is -0.0811. The van der Waals surface area contributed by atoms with Crippen LogP contribution in [0.15, 0.2) is 27.8 Å². The van der Waals surface area contributed by atoms with Gasteiger partial charge in [-0.1, -0.05) is 6.07 Å². The highest BCUT2D eigenvalue weighted by molar-refractivity contribution is 5.69. The third-order valence-corrected chi connectivity index (χ3v) is 5.42. The highest BCUT2D eigenvalue weighted by atomic mass is 19.2. The van der Waals surface area contributed by atoms with Crippen molar-refractivity contribution >= 4 is 17.1 Å². The molecule has 170 valence electrons. The Labute approximate surface area is 181 Å². The van der Waals surface area contributed by atoms with Crippen molar-refractivity contribution < 1.29 is 8.78 Å². The first-order chi connectivity index (χ1) is 15.4. The van der Waals surface area contributed by atoms with Gasteiger partial charge >= 0.3 is 5.69 Å². The van der Waals surface area contributed by atoms with E-state index in [1.807, 2.05) is 0 Å². The molecule has 2 N–H and O–H groups in total. The molecule has 1 aliphatic heterocycles. The van der Waals surface area contributed by atoms with Crippen molar-refractivity contribution in [2.24, 2.45) is 7.05 Å². The van der Waals surface area contributed by atoms with Gasteiger partial charge in [0, 0.05) is 39.8 Å². The fourth-order valence-corrected chi connectivity index (χ4v) is 3.64. The molecule has 0 radical (unpaired) electrons. The number of aromatic nitrogens is 5. The van der Waals surface area contributed by atoms with Crippen molar-refractivity contribution in [2.75, 3.05) is 44.6 Å². The normalized spacial score (nSPS) is 14.7. The lowest BCUT2D eigenvalue weighted by molar-refractivity contribution is 0.240. The Morgan fingerprint density at radius 2 is 1.91 bits per heavy atom. The summed E-state index contributed by atoms with van der Waals surface area (Å²) < 4.78 is 28.9. The van der Waals surface area contributed by atoms with E-state index in [0.29, 0.717) is 12.1 Å². The van der Waals surface area contributed by atoms with Gasteiger partial charge in [-0.3, -0.25) is 13.9 Å². The Morgan fingerprint density at radius 3 is 2.66 bits per heavy atom. The zero-order valence-corrected chi connectivity index (χ0v) is 17.6. The lowest BCUT2D eigenvalue weighted by atomic mass is 10.2. The zero-order valence-electron chi connectivity index (χ0n) is 17.6. The summed E-state index contributed by atoms with van der Waals surface area (Å²) in [6.45, 7) is 5.42. The van der Waals surface area contributed by atoms with Crippen molar-refractivity contribution in [3.8, 4) is 0 Å². The second kappa shape index (κ2) is 9.49. The first-order valence-corrected chi connectivity index (χ1v) is 10.4. The summed E-state index contributed by atoms with van der Waals surface area (Å²) in [6, 6.07) is 3.33. The summed E-state index contributed by atoms with van der Waals surface area (Å²) in [5.74, 6) is -1.82. The van der Waals surface area contributed by atoms with E-state index in [2.05, 4.69) is 30.7 Å². The summed E-state index contributed by atoms with van der Waals surface area (Å²) in [5.41, 5.74) is -0.975. The molecule has 10 nitrogen and oxygen atoms in total. The summed E-state index contributed by atoms with van der Waals surface area (Å²) in [4.78, 5) is 31.9. The molecule has 2 aromatic heterocycles. The minimum atomic E-state index is -1.03. The number of nitrogens with zero attached hydrogens (tertiary/aromatic N) is 6. The van der Waals surface area contributed by atoms with Gasteiger partial charge in [0.15, 0.2) is 22.8 Å². The molecule has 0 saturated carbocycles. The van der Waals surface area contributed by atoms with E-state index in [9.17, 15) is 18.4 Å². The Morgan fingerprint density at radius 1 is 1.12 bits per heavy atom. The molecule has 3 aromatic rings. The third kappa shape index (κ3) is 4.65. The number of benzene rings is 1. The number of anilines is 1. The first-order valence-electron chi connectivity index (χ1n) is 10.4. The second-order valence-corrected chi connectivity index (χ2v) is 7.66. The molecule has 3 heterocycles. The van der Waals surface area contributed by atoms with Gasteiger partial charge in [-0.25, -0.2) is 18.6 Å². The first kappa shape index (κ1) is 22.0. The van der Waals surface area contributed by atoms with E-state index in [-0.39, 0.29) is 23.7 Å². The zero-order chi connectivity index (χ0) is 22.7. The largest absolute Gasteiger partial charge is 0.353 e. The van der Waals surface area contributed by atoms with E-state index in [1.165, 1.54) is 13.1 Å². The monoisotopic (exact) mass is 446 g/mol. The summed E-state index contributed by atoms with van der Waals surface area (Å²) >= 11 is 0. The molecule has 0 aliphatic carbocycles. The van der Waals surface area contributed by atoms with Gasteiger partial charge in [0.2, 0.25) is 5.95 Å². The molecule has 0 atom stereocenters. The standard InChI is InChI=1S/C20H24F2N8O2/c1-28-18(31)16-17(30(20(28)32)12-13-3-4-14(21)15(22)11-13)26-27-19(25-16)24-5-2-8-29-9-6-23-7-10-29/h3-4,11,23H,2,5-10,12H2,1H3,(H,24,25,27). The van der Waals surface area contributed by atoms with E-state index in [1.54, 1.807) is 0 Å². The maximum Gasteiger partial charge on any atom is 0.332 e. The molecule has 32 heavy (non-hydrogen) atoms. The molecule has 1 fully saturated rings. The van der Waals surface area contributed by atoms with Crippen LogP contribution in [0.3, 0.4) is 0 Å². The molecule has 1 saturated heterocycles. The summed E-state index contributed by atoms with van der Waals surface area (Å²) in [6.07, 6.45) is 0.870. The van der Waals surface area contributed by atoms with Gasteiger partial charge in [0.25, 0.3) is 5.56 Å². The molecule has 0 spiro atoms. The molecule has 1 aliphatic rings. The van der Waals surface area contributed by atoms with Gasteiger partial charge in [-0.05, 0) is 30.7 Å². The second-order valence-electron chi connectivity index (χ2n) is 7.66. The quantitative estimate of drug-likeness (QED) is 0.485. The van der Waals surface area contributed by atoms with E-state index in [0.717, 1.165) is 60.4 Å². The van der Waals surface area contributed by atoms with Gasteiger partial charge in [0.1, 0.15) is 0 Å². The lowest BCUT2D eigenvalue weighted by Crippen LogP contribution is -2.44. The predicted molar refractivity (Wildman–Crippen MR) is 115 cm³/mol. The topological polar surface area (TPSA) is 110 Å². The van der Waals surface area contributed by atoms with Crippen LogP contribution in [-0.2, 0) is 13.6 Å². The number of fused-ring (bicyclic) bond motifs is 1. The molecule has 12 heteroatoms. The molecule has 1 aromatic carbocycles. The van der Waals surface area contributed by atoms with Gasteiger partial charge in [-0.15, -0.1) is 10.2 Å². The number of hydrogen-bond acceptors (Lipinski definition) is 8. The van der Waals surface area contributed by atoms with Gasteiger partial charge < -0.3 is 15.5 Å². The lowest BCUT2D eigenvalue weighted by Gasteiger charge is -2.27. The summed E-state index contributed by atoms with van der Waals surface area (Å²) in [7, 11) is 1.33. The van der Waals surface area contributed by atoms with Crippen molar-refractivity contribution in [3.63, 3.8) is 0 Å². The fourth-order valence-electron chi connectivity index (χ4n) is 3.64. The maximum absolute atomic E-state index is 13.6. The van der Waals surface area contributed by atoms with Crippen LogP contribution in [0, 0.1) is 11.6 Å². The van der Waals surface area contributed by atoms with Crippen LogP contribution in [0.1, 0.15) is 12.0 Å². The third-order valence-electron chi connectivity index (χ3n) is 5.42. The van der Waals surface area contributed by atoms with Crippen molar-refractivity contribution in [2.45, 2.75) is 13.0 Å². The van der Waals surface area contributed by atoms with Crippen molar-refractivity contribution in [1.29, 1.82) is 0 Å². The highest BCUT2D eigenvalue weighted by Gasteiger charge is 2.16. The SMILES string of the molecule is Cn1c(=O)c2nc(NCCCN3CCNCC3)nnc2n(Cc2ccc(F)c(F)c2)c1=O. The summed E-state index contributed by atoms with van der Waals surface area (Å²) in [5, 5.41) is 14.4.